The Bertz CT molecular complexity index is 428. The largest absolute Gasteiger partial charge is 0.375 e. The van der Waals surface area contributed by atoms with Gasteiger partial charge in [-0.25, -0.2) is 0 Å². The second kappa shape index (κ2) is 6.28. The summed E-state index contributed by atoms with van der Waals surface area (Å²) >= 11 is 0. The smallest absolute Gasteiger partial charge is 0.0627 e. The number of ether oxygens (including phenoxy) is 1. The number of fused-ring (bicyclic) bond motifs is 2. The Balaban J connectivity index is 1.77. The molecule has 2 aliphatic rings. The van der Waals surface area contributed by atoms with Crippen LogP contribution in [0.3, 0.4) is 0 Å². The first kappa shape index (κ1) is 14.1. The molecule has 4 unspecified atom stereocenters. The molecule has 0 aromatic heterocycles. The molecule has 0 amide bonds. The lowest BCUT2D eigenvalue weighted by molar-refractivity contribution is 0.0857. The van der Waals surface area contributed by atoms with Gasteiger partial charge in [-0.3, -0.25) is 0 Å². The standard InChI is InChI=1S/C18H27NO/c1-3-11-19-18(14-7-5-13(4-2)6-8-14)16-12-15-9-10-17(16)20-15/h5-8,15-19H,3-4,9-12H2,1-2H3. The molecule has 3 rings (SSSR count). The molecule has 2 fully saturated rings. The first-order valence-corrected chi connectivity index (χ1v) is 8.29. The van der Waals surface area contributed by atoms with Crippen molar-refractivity contribution in [1.82, 2.24) is 5.32 Å². The highest BCUT2D eigenvalue weighted by molar-refractivity contribution is 5.26. The third-order valence-corrected chi connectivity index (χ3v) is 4.94. The number of hydrogen-bond acceptors (Lipinski definition) is 2. The Hall–Kier alpha value is -0.860. The molecule has 2 heteroatoms. The van der Waals surface area contributed by atoms with Crippen LogP contribution in [0.25, 0.3) is 0 Å². The fourth-order valence-corrected chi connectivity index (χ4v) is 3.80. The number of rotatable bonds is 6. The van der Waals surface area contributed by atoms with Gasteiger partial charge in [-0.1, -0.05) is 38.1 Å². The molecule has 0 radical (unpaired) electrons. The van der Waals surface area contributed by atoms with E-state index in [-0.39, 0.29) is 0 Å². The fraction of sp³-hybridized carbons (Fsp3) is 0.667. The minimum absolute atomic E-state index is 0.469. The maximum absolute atomic E-state index is 6.07. The van der Waals surface area contributed by atoms with E-state index in [1.807, 2.05) is 0 Å². The van der Waals surface area contributed by atoms with E-state index < -0.39 is 0 Å². The van der Waals surface area contributed by atoms with Crippen molar-refractivity contribution >= 4 is 0 Å². The maximum Gasteiger partial charge on any atom is 0.0627 e. The lowest BCUT2D eigenvalue weighted by atomic mass is 9.81. The summed E-state index contributed by atoms with van der Waals surface area (Å²) in [4.78, 5) is 0. The van der Waals surface area contributed by atoms with Gasteiger partial charge >= 0.3 is 0 Å². The molecule has 1 aromatic rings. The minimum Gasteiger partial charge on any atom is -0.375 e. The topological polar surface area (TPSA) is 21.3 Å². The molecule has 1 N–H and O–H groups in total. The molecular weight excluding hydrogens is 246 g/mol. The molecule has 110 valence electrons. The van der Waals surface area contributed by atoms with E-state index >= 15 is 0 Å². The van der Waals surface area contributed by atoms with E-state index in [0.29, 0.717) is 24.2 Å². The van der Waals surface area contributed by atoms with Crippen molar-refractivity contribution in [2.24, 2.45) is 5.92 Å². The fourth-order valence-electron chi connectivity index (χ4n) is 3.80. The van der Waals surface area contributed by atoms with Crippen LogP contribution in [0.2, 0.25) is 0 Å². The molecule has 1 aromatic carbocycles. The number of benzene rings is 1. The van der Waals surface area contributed by atoms with E-state index in [1.54, 1.807) is 0 Å². The SMILES string of the molecule is CCCNC(c1ccc(CC)cc1)C1CC2CCC1O2. The molecule has 0 saturated carbocycles. The van der Waals surface area contributed by atoms with Crippen molar-refractivity contribution in [3.05, 3.63) is 35.4 Å². The number of aryl methyl sites for hydroxylation is 1. The molecule has 2 bridgehead atoms. The molecule has 2 heterocycles. The summed E-state index contributed by atoms with van der Waals surface area (Å²) < 4.78 is 6.07. The van der Waals surface area contributed by atoms with E-state index in [4.69, 9.17) is 4.74 Å². The molecule has 2 nitrogen and oxygen atoms in total. The van der Waals surface area contributed by atoms with Crippen LogP contribution in [0.15, 0.2) is 24.3 Å². The average Bonchev–Trinajstić information content (AvgIpc) is 3.11. The first-order chi connectivity index (χ1) is 9.81. The normalized spacial score (nSPS) is 29.8. The Morgan fingerprint density at radius 1 is 1.20 bits per heavy atom. The van der Waals surface area contributed by atoms with Gasteiger partial charge in [0.15, 0.2) is 0 Å². The van der Waals surface area contributed by atoms with Gasteiger partial charge in [0, 0.05) is 12.0 Å². The quantitative estimate of drug-likeness (QED) is 0.850. The second-order valence-electron chi connectivity index (χ2n) is 6.30. The zero-order valence-electron chi connectivity index (χ0n) is 12.8. The molecule has 2 aliphatic heterocycles. The molecule has 0 spiro atoms. The summed E-state index contributed by atoms with van der Waals surface area (Å²) in [6.07, 6.45) is 7.09. The first-order valence-electron chi connectivity index (χ1n) is 8.29. The highest BCUT2D eigenvalue weighted by Gasteiger charge is 2.44. The van der Waals surface area contributed by atoms with Gasteiger partial charge in [0.05, 0.1) is 12.2 Å². The highest BCUT2D eigenvalue weighted by atomic mass is 16.5. The van der Waals surface area contributed by atoms with Crippen LogP contribution in [0.4, 0.5) is 0 Å². The lowest BCUT2D eigenvalue weighted by Crippen LogP contribution is -2.34. The van der Waals surface area contributed by atoms with Gasteiger partial charge in [0.1, 0.15) is 0 Å². The third kappa shape index (κ3) is 2.77. The monoisotopic (exact) mass is 273 g/mol. The van der Waals surface area contributed by atoms with E-state index in [2.05, 4.69) is 43.4 Å². The van der Waals surface area contributed by atoms with E-state index in [0.717, 1.165) is 13.0 Å². The van der Waals surface area contributed by atoms with Crippen LogP contribution in [0, 0.1) is 5.92 Å². The van der Waals surface area contributed by atoms with Crippen LogP contribution >= 0.6 is 0 Å². The highest BCUT2D eigenvalue weighted by Crippen LogP contribution is 2.44. The van der Waals surface area contributed by atoms with Crippen molar-refractivity contribution in [2.45, 2.75) is 64.2 Å². The van der Waals surface area contributed by atoms with Gasteiger partial charge in [-0.15, -0.1) is 0 Å². The minimum atomic E-state index is 0.469. The molecule has 2 saturated heterocycles. The summed E-state index contributed by atoms with van der Waals surface area (Å²) in [7, 11) is 0. The van der Waals surface area contributed by atoms with Gasteiger partial charge in [0.2, 0.25) is 0 Å². The van der Waals surface area contributed by atoms with Crippen molar-refractivity contribution in [2.75, 3.05) is 6.54 Å². The van der Waals surface area contributed by atoms with Crippen molar-refractivity contribution in [1.29, 1.82) is 0 Å². The van der Waals surface area contributed by atoms with E-state index in [1.165, 1.54) is 36.8 Å². The predicted octanol–water partition coefficient (Wildman–Crippen LogP) is 3.86. The Kier molecular flexibility index (Phi) is 4.42. The summed E-state index contributed by atoms with van der Waals surface area (Å²) in [5, 5.41) is 3.77. The summed E-state index contributed by atoms with van der Waals surface area (Å²) in [6.45, 7) is 5.54. The third-order valence-electron chi connectivity index (χ3n) is 4.94. The lowest BCUT2D eigenvalue weighted by Gasteiger charge is -2.30. The molecule has 0 aliphatic carbocycles. The van der Waals surface area contributed by atoms with Crippen molar-refractivity contribution in [3.63, 3.8) is 0 Å². The molecule has 4 atom stereocenters. The Labute approximate surface area is 122 Å². The summed E-state index contributed by atoms with van der Waals surface area (Å²) in [6, 6.07) is 9.67. The van der Waals surface area contributed by atoms with E-state index in [9.17, 15) is 0 Å². The van der Waals surface area contributed by atoms with Crippen LogP contribution < -0.4 is 5.32 Å². The molecular formula is C18H27NO. The average molecular weight is 273 g/mol. The summed E-state index contributed by atoms with van der Waals surface area (Å²) in [5.41, 5.74) is 2.86. The van der Waals surface area contributed by atoms with Crippen LogP contribution in [-0.2, 0) is 11.2 Å². The molecule has 20 heavy (non-hydrogen) atoms. The van der Waals surface area contributed by atoms with Crippen molar-refractivity contribution in [3.8, 4) is 0 Å². The number of hydrogen-bond donors (Lipinski definition) is 1. The predicted molar refractivity (Wildman–Crippen MR) is 82.9 cm³/mol. The van der Waals surface area contributed by atoms with Gasteiger partial charge in [0.25, 0.3) is 0 Å². The van der Waals surface area contributed by atoms with Crippen molar-refractivity contribution < 1.29 is 4.74 Å². The Morgan fingerprint density at radius 2 is 2.00 bits per heavy atom. The van der Waals surface area contributed by atoms with Crippen LogP contribution in [-0.4, -0.2) is 18.8 Å². The number of nitrogens with one attached hydrogen (secondary N) is 1. The van der Waals surface area contributed by atoms with Gasteiger partial charge in [-0.2, -0.15) is 0 Å². The van der Waals surface area contributed by atoms with Crippen LogP contribution in [0.1, 0.15) is 56.7 Å². The zero-order valence-corrected chi connectivity index (χ0v) is 12.8. The zero-order chi connectivity index (χ0) is 13.9. The maximum atomic E-state index is 6.07. The second-order valence-corrected chi connectivity index (χ2v) is 6.30. The van der Waals surface area contributed by atoms with Gasteiger partial charge in [-0.05, 0) is 49.8 Å². The summed E-state index contributed by atoms with van der Waals surface area (Å²) in [5.74, 6) is 0.660. The van der Waals surface area contributed by atoms with Gasteiger partial charge < -0.3 is 10.1 Å². The Morgan fingerprint density at radius 3 is 2.55 bits per heavy atom. The van der Waals surface area contributed by atoms with Crippen LogP contribution in [0.5, 0.6) is 0 Å².